The van der Waals surface area contributed by atoms with Crippen LogP contribution in [0.25, 0.3) is 0 Å². The number of carbonyl (C=O) groups excluding carboxylic acids is 1. The molecule has 7 nitrogen and oxygen atoms in total. The highest BCUT2D eigenvalue weighted by atomic mass is 16.2. The standard InChI is InChI=1S/C18H26N6O/c1-15-12-21-23(13-15)16-4-2-10-22(14-16)17(25)18(5-8-19-9-6-18)24-11-3-7-20-24/h3,7,11-13,16,19H,2,4-6,8-10,14H2,1H3. The average molecular weight is 342 g/mol. The zero-order valence-corrected chi connectivity index (χ0v) is 14.8. The van der Waals surface area contributed by atoms with Gasteiger partial charge in [0.15, 0.2) is 0 Å². The molecule has 0 aromatic carbocycles. The van der Waals surface area contributed by atoms with Crippen molar-refractivity contribution in [3.05, 3.63) is 36.4 Å². The molecule has 2 fully saturated rings. The fourth-order valence-corrected chi connectivity index (χ4v) is 4.19. The second-order valence-corrected chi connectivity index (χ2v) is 7.28. The molecule has 1 N–H and O–H groups in total. The van der Waals surface area contributed by atoms with E-state index in [1.807, 2.05) is 32.7 Å². The number of nitrogens with one attached hydrogen (secondary N) is 1. The Bertz CT molecular complexity index is 716. The summed E-state index contributed by atoms with van der Waals surface area (Å²) in [5, 5.41) is 12.3. The van der Waals surface area contributed by atoms with Gasteiger partial charge in [-0.3, -0.25) is 14.2 Å². The summed E-state index contributed by atoms with van der Waals surface area (Å²) in [6.07, 6.45) is 11.3. The van der Waals surface area contributed by atoms with Crippen LogP contribution in [0, 0.1) is 6.92 Å². The molecule has 2 saturated heterocycles. The van der Waals surface area contributed by atoms with Gasteiger partial charge in [0.2, 0.25) is 0 Å². The Labute approximate surface area is 148 Å². The fourth-order valence-electron chi connectivity index (χ4n) is 4.19. The van der Waals surface area contributed by atoms with Crippen LogP contribution in [0.2, 0.25) is 0 Å². The van der Waals surface area contributed by atoms with Crippen LogP contribution in [-0.4, -0.2) is 56.5 Å². The van der Waals surface area contributed by atoms with Crippen LogP contribution in [-0.2, 0) is 10.3 Å². The minimum absolute atomic E-state index is 0.214. The number of likely N-dealkylation sites (tertiary alicyclic amines) is 1. The lowest BCUT2D eigenvalue weighted by molar-refractivity contribution is -0.145. The highest BCUT2D eigenvalue weighted by Gasteiger charge is 2.45. The molecular formula is C18H26N6O. The summed E-state index contributed by atoms with van der Waals surface area (Å²) in [4.78, 5) is 15.6. The Kier molecular flexibility index (Phi) is 4.33. The van der Waals surface area contributed by atoms with Gasteiger partial charge in [-0.15, -0.1) is 0 Å². The van der Waals surface area contributed by atoms with Gasteiger partial charge in [0.05, 0.1) is 12.2 Å². The Morgan fingerprint density at radius 2 is 2.16 bits per heavy atom. The first-order valence-corrected chi connectivity index (χ1v) is 9.20. The molecule has 4 heterocycles. The van der Waals surface area contributed by atoms with Crippen molar-refractivity contribution >= 4 is 5.91 Å². The molecule has 0 saturated carbocycles. The normalized spacial score (nSPS) is 23.6. The predicted molar refractivity (Wildman–Crippen MR) is 94.1 cm³/mol. The average Bonchev–Trinajstić information content (AvgIpc) is 3.34. The van der Waals surface area contributed by atoms with Crippen molar-refractivity contribution < 1.29 is 4.79 Å². The molecule has 2 aliphatic rings. The maximum atomic E-state index is 13.6. The molecule has 7 heteroatoms. The topological polar surface area (TPSA) is 68.0 Å². The largest absolute Gasteiger partial charge is 0.338 e. The van der Waals surface area contributed by atoms with Gasteiger partial charge in [0.1, 0.15) is 5.54 Å². The lowest BCUT2D eigenvalue weighted by Crippen LogP contribution is -2.57. The Morgan fingerprint density at radius 1 is 1.32 bits per heavy atom. The van der Waals surface area contributed by atoms with Crippen molar-refractivity contribution in [1.82, 2.24) is 29.8 Å². The third-order valence-electron chi connectivity index (χ3n) is 5.56. The van der Waals surface area contributed by atoms with Crippen LogP contribution in [0.5, 0.6) is 0 Å². The van der Waals surface area contributed by atoms with Crippen LogP contribution >= 0.6 is 0 Å². The molecule has 0 bridgehead atoms. The van der Waals surface area contributed by atoms with Crippen molar-refractivity contribution in [1.29, 1.82) is 0 Å². The fraction of sp³-hybridized carbons (Fsp3) is 0.611. The van der Waals surface area contributed by atoms with E-state index in [1.165, 1.54) is 0 Å². The van der Waals surface area contributed by atoms with Gasteiger partial charge in [-0.05, 0) is 57.3 Å². The molecule has 2 aromatic heterocycles. The van der Waals surface area contributed by atoms with E-state index in [2.05, 4.69) is 28.6 Å². The van der Waals surface area contributed by atoms with Gasteiger partial charge in [-0.2, -0.15) is 10.2 Å². The Morgan fingerprint density at radius 3 is 2.84 bits per heavy atom. The first kappa shape index (κ1) is 16.3. The summed E-state index contributed by atoms with van der Waals surface area (Å²) in [6.45, 7) is 5.31. The number of aryl methyl sites for hydroxylation is 1. The molecule has 4 rings (SSSR count). The van der Waals surface area contributed by atoms with E-state index in [4.69, 9.17) is 0 Å². The number of aromatic nitrogens is 4. The Hall–Kier alpha value is -2.15. The van der Waals surface area contributed by atoms with Crippen LogP contribution < -0.4 is 5.32 Å². The first-order valence-electron chi connectivity index (χ1n) is 9.20. The molecule has 1 unspecified atom stereocenters. The number of hydrogen-bond acceptors (Lipinski definition) is 4. The van der Waals surface area contributed by atoms with Gasteiger partial charge >= 0.3 is 0 Å². The van der Waals surface area contributed by atoms with E-state index in [1.54, 1.807) is 6.20 Å². The smallest absolute Gasteiger partial charge is 0.250 e. The van der Waals surface area contributed by atoms with Crippen molar-refractivity contribution in [2.24, 2.45) is 0 Å². The third kappa shape index (κ3) is 2.97. The monoisotopic (exact) mass is 342 g/mol. The number of nitrogens with zero attached hydrogens (tertiary/aromatic N) is 5. The molecule has 2 aromatic rings. The van der Waals surface area contributed by atoms with E-state index in [9.17, 15) is 4.79 Å². The maximum Gasteiger partial charge on any atom is 0.250 e. The second-order valence-electron chi connectivity index (χ2n) is 7.28. The van der Waals surface area contributed by atoms with E-state index in [0.717, 1.165) is 57.4 Å². The number of piperidine rings is 2. The van der Waals surface area contributed by atoms with Gasteiger partial charge < -0.3 is 10.2 Å². The van der Waals surface area contributed by atoms with Crippen LogP contribution in [0.15, 0.2) is 30.9 Å². The molecule has 0 spiro atoms. The van der Waals surface area contributed by atoms with Crippen molar-refractivity contribution in [2.45, 2.75) is 44.2 Å². The quantitative estimate of drug-likeness (QED) is 0.914. The van der Waals surface area contributed by atoms with E-state index >= 15 is 0 Å². The van der Waals surface area contributed by atoms with Gasteiger partial charge in [0, 0.05) is 31.7 Å². The lowest BCUT2D eigenvalue weighted by Gasteiger charge is -2.42. The number of hydrogen-bond donors (Lipinski definition) is 1. The third-order valence-corrected chi connectivity index (χ3v) is 5.56. The molecule has 2 aliphatic heterocycles. The van der Waals surface area contributed by atoms with Crippen LogP contribution in [0.3, 0.4) is 0 Å². The highest BCUT2D eigenvalue weighted by Crippen LogP contribution is 2.32. The molecule has 25 heavy (non-hydrogen) atoms. The lowest BCUT2D eigenvalue weighted by atomic mass is 9.86. The molecule has 1 amide bonds. The number of amides is 1. The van der Waals surface area contributed by atoms with E-state index < -0.39 is 5.54 Å². The summed E-state index contributed by atoms with van der Waals surface area (Å²) >= 11 is 0. The van der Waals surface area contributed by atoms with Crippen LogP contribution in [0.4, 0.5) is 0 Å². The highest BCUT2D eigenvalue weighted by molar-refractivity contribution is 5.84. The van der Waals surface area contributed by atoms with E-state index in [0.29, 0.717) is 0 Å². The first-order chi connectivity index (χ1) is 12.2. The SMILES string of the molecule is Cc1cnn(C2CCCN(C(=O)C3(n4cccn4)CCNCC3)C2)c1. The van der Waals surface area contributed by atoms with Gasteiger partial charge in [-0.1, -0.05) is 0 Å². The second kappa shape index (κ2) is 6.63. The summed E-state index contributed by atoms with van der Waals surface area (Å²) in [5.41, 5.74) is 0.617. The minimum Gasteiger partial charge on any atom is -0.338 e. The van der Waals surface area contributed by atoms with Gasteiger partial charge in [-0.25, -0.2) is 0 Å². The summed E-state index contributed by atoms with van der Waals surface area (Å²) in [5.74, 6) is 0.214. The van der Waals surface area contributed by atoms with Gasteiger partial charge in [0.25, 0.3) is 5.91 Å². The van der Waals surface area contributed by atoms with Crippen molar-refractivity contribution in [3.8, 4) is 0 Å². The zero-order chi connectivity index (χ0) is 17.3. The summed E-state index contributed by atoms with van der Waals surface area (Å²) in [6, 6.07) is 2.17. The molecule has 0 radical (unpaired) electrons. The van der Waals surface area contributed by atoms with Crippen molar-refractivity contribution in [3.63, 3.8) is 0 Å². The minimum atomic E-state index is -0.545. The Balaban J connectivity index is 1.57. The summed E-state index contributed by atoms with van der Waals surface area (Å²) in [7, 11) is 0. The summed E-state index contributed by atoms with van der Waals surface area (Å²) < 4.78 is 3.91. The predicted octanol–water partition coefficient (Wildman–Crippen LogP) is 1.33. The van der Waals surface area contributed by atoms with Crippen LogP contribution in [0.1, 0.15) is 37.3 Å². The maximum absolute atomic E-state index is 13.6. The molecular weight excluding hydrogens is 316 g/mol. The molecule has 0 aliphatic carbocycles. The number of carbonyl (C=O) groups is 1. The zero-order valence-electron chi connectivity index (χ0n) is 14.8. The van der Waals surface area contributed by atoms with E-state index in [-0.39, 0.29) is 11.9 Å². The number of rotatable bonds is 3. The molecule has 134 valence electrons. The molecule has 1 atom stereocenters. The van der Waals surface area contributed by atoms with Crippen molar-refractivity contribution in [2.75, 3.05) is 26.2 Å².